The number of benzene rings is 1. The molecule has 0 spiro atoms. The summed E-state index contributed by atoms with van der Waals surface area (Å²) in [5, 5.41) is 11.2. The van der Waals surface area contributed by atoms with E-state index in [1.807, 2.05) is 0 Å². The zero-order valence-electron chi connectivity index (χ0n) is 16.8. The van der Waals surface area contributed by atoms with Crippen molar-refractivity contribution in [2.75, 3.05) is 36.2 Å². The molecule has 1 aliphatic rings. The first kappa shape index (κ1) is 23.8. The number of hydrogen-bond donors (Lipinski definition) is 4. The van der Waals surface area contributed by atoms with E-state index < -0.39 is 26.7 Å². The quantitative estimate of drug-likeness (QED) is 0.370. The Morgan fingerprint density at radius 3 is 2.71 bits per heavy atom. The molecule has 4 N–H and O–H groups in total. The molecule has 7 nitrogen and oxygen atoms in total. The van der Waals surface area contributed by atoms with Gasteiger partial charge in [0.2, 0.25) is 0 Å². The Morgan fingerprint density at radius 1 is 1.23 bits per heavy atom. The molecule has 1 aromatic carbocycles. The molecule has 172 valence electrons. The summed E-state index contributed by atoms with van der Waals surface area (Å²) in [7, 11) is -4.17. The molecular weight excluding hydrogens is 451 g/mol. The van der Waals surface area contributed by atoms with Crippen LogP contribution in [0.3, 0.4) is 0 Å². The first-order valence-corrected chi connectivity index (χ1v) is 12.4. The molecule has 1 unspecified atom stereocenters. The van der Waals surface area contributed by atoms with E-state index in [-0.39, 0.29) is 10.8 Å². The van der Waals surface area contributed by atoms with Crippen LogP contribution < -0.4 is 20.7 Å². The molecule has 1 aliphatic heterocycles. The van der Waals surface area contributed by atoms with Gasteiger partial charge in [-0.1, -0.05) is 0 Å². The van der Waals surface area contributed by atoms with Crippen molar-refractivity contribution >= 4 is 32.2 Å². The molecule has 1 saturated heterocycles. The van der Waals surface area contributed by atoms with Crippen LogP contribution >= 0.6 is 11.3 Å². The van der Waals surface area contributed by atoms with Crippen LogP contribution in [0.4, 0.5) is 24.0 Å². The van der Waals surface area contributed by atoms with E-state index in [1.165, 1.54) is 19.0 Å². The minimum absolute atomic E-state index is 0.0908. The van der Waals surface area contributed by atoms with E-state index in [9.17, 15) is 21.6 Å². The first-order valence-electron chi connectivity index (χ1n) is 10.1. The Labute approximate surface area is 183 Å². The van der Waals surface area contributed by atoms with E-state index in [0.29, 0.717) is 25.1 Å². The van der Waals surface area contributed by atoms with Gasteiger partial charge >= 0.3 is 6.18 Å². The molecule has 12 heteroatoms. The van der Waals surface area contributed by atoms with Crippen LogP contribution in [0.1, 0.15) is 31.2 Å². The van der Waals surface area contributed by atoms with E-state index in [4.69, 9.17) is 0 Å². The normalized spacial score (nSPS) is 17.1. The van der Waals surface area contributed by atoms with Crippen molar-refractivity contribution in [3.05, 3.63) is 35.3 Å². The third-order valence-corrected chi connectivity index (χ3v) is 7.06. The number of rotatable bonds is 11. The molecule has 1 atom stereocenters. The van der Waals surface area contributed by atoms with Crippen LogP contribution in [-0.2, 0) is 16.2 Å². The topological polar surface area (TPSA) is 95.2 Å². The third kappa shape index (κ3) is 7.06. The molecule has 31 heavy (non-hydrogen) atoms. The maximum Gasteiger partial charge on any atom is 0.418 e. The zero-order valence-corrected chi connectivity index (χ0v) is 18.5. The standard InChI is InChI=1S/C19H26F3N5O2S2/c20-19(21,22)16-12-15(31(28,29)27-18-26-10-11-30-18)5-6-17(16)25-8-2-1-7-23-13-14-4-3-9-24-14/h5-6,10-12,14,23-25H,1-4,7-9,13H2,(H,26,27). The van der Waals surface area contributed by atoms with E-state index in [0.717, 1.165) is 49.5 Å². The Morgan fingerprint density at radius 2 is 2.03 bits per heavy atom. The Hall–Kier alpha value is -1.89. The number of aromatic nitrogens is 1. The van der Waals surface area contributed by atoms with Gasteiger partial charge in [0.25, 0.3) is 10.0 Å². The molecule has 0 saturated carbocycles. The lowest BCUT2D eigenvalue weighted by atomic mass is 10.1. The van der Waals surface area contributed by atoms with Crippen molar-refractivity contribution in [1.29, 1.82) is 0 Å². The highest BCUT2D eigenvalue weighted by Crippen LogP contribution is 2.36. The lowest BCUT2D eigenvalue weighted by molar-refractivity contribution is -0.137. The highest BCUT2D eigenvalue weighted by molar-refractivity contribution is 7.93. The predicted molar refractivity (Wildman–Crippen MR) is 116 cm³/mol. The minimum Gasteiger partial charge on any atom is -0.385 e. The van der Waals surface area contributed by atoms with Crippen LogP contribution in [-0.4, -0.2) is 45.6 Å². The summed E-state index contributed by atoms with van der Waals surface area (Å²) in [6.45, 7) is 3.11. The fourth-order valence-electron chi connectivity index (χ4n) is 3.33. The van der Waals surface area contributed by atoms with Gasteiger partial charge in [0.1, 0.15) is 0 Å². The van der Waals surface area contributed by atoms with Gasteiger partial charge in [-0.3, -0.25) is 4.72 Å². The monoisotopic (exact) mass is 477 g/mol. The first-order chi connectivity index (χ1) is 14.8. The summed E-state index contributed by atoms with van der Waals surface area (Å²) in [6, 6.07) is 3.47. The maximum atomic E-state index is 13.5. The summed E-state index contributed by atoms with van der Waals surface area (Å²) in [6.07, 6.45) is 0.584. The number of sulfonamides is 1. The number of unbranched alkanes of at least 4 members (excludes halogenated alkanes) is 1. The number of alkyl halides is 3. The molecule has 1 aromatic heterocycles. The summed E-state index contributed by atoms with van der Waals surface area (Å²) >= 11 is 1.04. The fraction of sp³-hybridized carbons (Fsp3) is 0.526. The van der Waals surface area contributed by atoms with Crippen molar-refractivity contribution in [2.24, 2.45) is 0 Å². The summed E-state index contributed by atoms with van der Waals surface area (Å²) in [4.78, 5) is 3.33. The van der Waals surface area contributed by atoms with Gasteiger partial charge in [-0.15, -0.1) is 11.3 Å². The van der Waals surface area contributed by atoms with Crippen LogP contribution in [0.5, 0.6) is 0 Å². The Bertz CT molecular complexity index is 931. The number of thiazole rings is 1. The van der Waals surface area contributed by atoms with Gasteiger partial charge in [0.15, 0.2) is 5.13 Å². The van der Waals surface area contributed by atoms with E-state index in [2.05, 4.69) is 25.7 Å². The van der Waals surface area contributed by atoms with Crippen LogP contribution in [0.25, 0.3) is 0 Å². The van der Waals surface area contributed by atoms with Gasteiger partial charge in [0, 0.05) is 36.4 Å². The number of nitrogens with one attached hydrogen (secondary N) is 4. The third-order valence-electron chi connectivity index (χ3n) is 4.91. The largest absolute Gasteiger partial charge is 0.418 e. The van der Waals surface area contributed by atoms with Crippen molar-refractivity contribution in [3.63, 3.8) is 0 Å². The summed E-state index contributed by atoms with van der Waals surface area (Å²) in [5.74, 6) is 0. The molecular formula is C19H26F3N5O2S2. The second-order valence-electron chi connectivity index (χ2n) is 7.28. The maximum absolute atomic E-state index is 13.5. The smallest absolute Gasteiger partial charge is 0.385 e. The predicted octanol–water partition coefficient (Wildman–Crippen LogP) is 3.50. The molecule has 2 heterocycles. The molecule has 0 aliphatic carbocycles. The van der Waals surface area contributed by atoms with Gasteiger partial charge in [-0.2, -0.15) is 13.2 Å². The number of anilines is 2. The fourth-order valence-corrected chi connectivity index (χ4v) is 5.15. The lowest BCUT2D eigenvalue weighted by Gasteiger charge is -2.16. The number of halogens is 3. The SMILES string of the molecule is O=S(=O)(Nc1nccs1)c1ccc(NCCCCNCC2CCCN2)c(C(F)(F)F)c1. The average Bonchev–Trinajstić information content (AvgIpc) is 3.40. The van der Waals surface area contributed by atoms with Crippen LogP contribution in [0.15, 0.2) is 34.7 Å². The van der Waals surface area contributed by atoms with Crippen LogP contribution in [0, 0.1) is 0 Å². The van der Waals surface area contributed by atoms with Gasteiger partial charge < -0.3 is 16.0 Å². The zero-order chi connectivity index (χ0) is 22.3. The van der Waals surface area contributed by atoms with Crippen molar-refractivity contribution in [3.8, 4) is 0 Å². The van der Waals surface area contributed by atoms with Gasteiger partial charge in [0.05, 0.1) is 10.5 Å². The van der Waals surface area contributed by atoms with Crippen molar-refractivity contribution in [1.82, 2.24) is 15.6 Å². The Balaban J connectivity index is 1.54. The molecule has 3 rings (SSSR count). The molecule has 0 radical (unpaired) electrons. The summed E-state index contributed by atoms with van der Waals surface area (Å²) < 4.78 is 67.6. The molecule has 0 amide bonds. The van der Waals surface area contributed by atoms with Crippen LogP contribution in [0.2, 0.25) is 0 Å². The number of nitrogens with zero attached hydrogens (tertiary/aromatic N) is 1. The van der Waals surface area contributed by atoms with E-state index in [1.54, 1.807) is 5.38 Å². The minimum atomic E-state index is -4.69. The average molecular weight is 478 g/mol. The van der Waals surface area contributed by atoms with E-state index >= 15 is 0 Å². The van der Waals surface area contributed by atoms with Crippen molar-refractivity contribution in [2.45, 2.75) is 42.8 Å². The molecule has 0 bridgehead atoms. The second kappa shape index (κ2) is 10.6. The number of hydrogen-bond acceptors (Lipinski definition) is 7. The Kier molecular flexibility index (Phi) is 8.14. The van der Waals surface area contributed by atoms with Crippen molar-refractivity contribution < 1.29 is 21.6 Å². The van der Waals surface area contributed by atoms with Gasteiger partial charge in [-0.05, 0) is 57.0 Å². The molecule has 2 aromatic rings. The van der Waals surface area contributed by atoms with Gasteiger partial charge in [-0.25, -0.2) is 13.4 Å². The second-order valence-corrected chi connectivity index (χ2v) is 9.86. The highest BCUT2D eigenvalue weighted by atomic mass is 32.2. The lowest BCUT2D eigenvalue weighted by Crippen LogP contribution is -2.34. The summed E-state index contributed by atoms with van der Waals surface area (Å²) in [5.41, 5.74) is -1.15. The molecule has 1 fully saturated rings. The highest BCUT2D eigenvalue weighted by Gasteiger charge is 2.35.